The van der Waals surface area contributed by atoms with E-state index in [4.69, 9.17) is 10.2 Å². The van der Waals surface area contributed by atoms with Crippen molar-refractivity contribution in [3.05, 3.63) is 89.9 Å². The van der Waals surface area contributed by atoms with E-state index < -0.39 is 0 Å². The van der Waals surface area contributed by atoms with Crippen molar-refractivity contribution >= 4 is 17.6 Å². The Balaban J connectivity index is 1.58. The number of guanidine groups is 1. The number of rotatable bonds is 6. The molecule has 132 valence electrons. The molecule has 0 unspecified atom stereocenters. The molecular formula is C20H20N4O2. The molecule has 4 N–H and O–H groups in total. The molecule has 0 spiro atoms. The number of anilines is 1. The molecule has 0 fully saturated rings. The molecule has 0 aliphatic heterocycles. The SMILES string of the molecule is NC(=NCc1cccc(C(=O)NCc2ccco2)c1)Nc1ccccc1. The van der Waals surface area contributed by atoms with E-state index in [9.17, 15) is 4.79 Å². The first-order valence-electron chi connectivity index (χ1n) is 8.22. The molecule has 0 aliphatic carbocycles. The maximum atomic E-state index is 12.2. The Hall–Kier alpha value is -3.54. The van der Waals surface area contributed by atoms with Crippen molar-refractivity contribution in [1.29, 1.82) is 0 Å². The van der Waals surface area contributed by atoms with E-state index in [0.717, 1.165) is 11.3 Å². The third kappa shape index (κ3) is 4.98. The Kier molecular flexibility index (Phi) is 5.67. The van der Waals surface area contributed by atoms with Gasteiger partial charge in [-0.2, -0.15) is 0 Å². The maximum Gasteiger partial charge on any atom is 0.251 e. The van der Waals surface area contributed by atoms with Gasteiger partial charge in [-0.15, -0.1) is 0 Å². The number of carbonyl (C=O) groups excluding carboxylic acids is 1. The number of para-hydroxylation sites is 1. The van der Waals surface area contributed by atoms with Crippen molar-refractivity contribution in [1.82, 2.24) is 5.32 Å². The Labute approximate surface area is 151 Å². The fraction of sp³-hybridized carbons (Fsp3) is 0.100. The van der Waals surface area contributed by atoms with Gasteiger partial charge < -0.3 is 20.8 Å². The third-order valence-corrected chi connectivity index (χ3v) is 3.67. The van der Waals surface area contributed by atoms with Crippen LogP contribution in [0.1, 0.15) is 21.7 Å². The Bertz CT molecular complexity index is 874. The van der Waals surface area contributed by atoms with Gasteiger partial charge in [0.15, 0.2) is 5.96 Å². The molecule has 3 aromatic rings. The predicted molar refractivity (Wildman–Crippen MR) is 102 cm³/mol. The molecule has 6 nitrogen and oxygen atoms in total. The van der Waals surface area contributed by atoms with Crippen molar-refractivity contribution in [3.8, 4) is 0 Å². The zero-order valence-electron chi connectivity index (χ0n) is 14.2. The Morgan fingerprint density at radius 3 is 2.65 bits per heavy atom. The maximum absolute atomic E-state index is 12.2. The number of nitrogens with zero attached hydrogens (tertiary/aromatic N) is 1. The van der Waals surface area contributed by atoms with E-state index in [1.807, 2.05) is 48.5 Å². The number of nitrogens with one attached hydrogen (secondary N) is 2. The lowest BCUT2D eigenvalue weighted by Crippen LogP contribution is -2.23. The second-order valence-corrected chi connectivity index (χ2v) is 5.65. The summed E-state index contributed by atoms with van der Waals surface area (Å²) in [7, 11) is 0. The van der Waals surface area contributed by atoms with Gasteiger partial charge in [-0.1, -0.05) is 30.3 Å². The van der Waals surface area contributed by atoms with Crippen molar-refractivity contribution < 1.29 is 9.21 Å². The molecule has 0 saturated heterocycles. The summed E-state index contributed by atoms with van der Waals surface area (Å²) < 4.78 is 5.20. The van der Waals surface area contributed by atoms with Crippen molar-refractivity contribution in [2.75, 3.05) is 5.32 Å². The summed E-state index contributed by atoms with van der Waals surface area (Å²) in [5.74, 6) is 0.866. The number of benzene rings is 2. The van der Waals surface area contributed by atoms with E-state index in [0.29, 0.717) is 30.4 Å². The molecule has 26 heavy (non-hydrogen) atoms. The summed E-state index contributed by atoms with van der Waals surface area (Å²) in [6.07, 6.45) is 1.58. The number of hydrogen-bond acceptors (Lipinski definition) is 3. The highest BCUT2D eigenvalue weighted by Crippen LogP contribution is 2.09. The van der Waals surface area contributed by atoms with Gasteiger partial charge in [-0.25, -0.2) is 4.99 Å². The van der Waals surface area contributed by atoms with Crippen molar-refractivity contribution in [2.45, 2.75) is 13.1 Å². The lowest BCUT2D eigenvalue weighted by atomic mass is 10.1. The van der Waals surface area contributed by atoms with E-state index in [-0.39, 0.29) is 5.91 Å². The van der Waals surface area contributed by atoms with Crippen LogP contribution in [-0.4, -0.2) is 11.9 Å². The third-order valence-electron chi connectivity index (χ3n) is 3.67. The van der Waals surface area contributed by atoms with Crippen LogP contribution in [0.4, 0.5) is 5.69 Å². The quantitative estimate of drug-likeness (QED) is 0.471. The molecule has 0 aliphatic rings. The predicted octanol–water partition coefficient (Wildman–Crippen LogP) is 3.14. The number of carbonyl (C=O) groups is 1. The van der Waals surface area contributed by atoms with Crippen LogP contribution < -0.4 is 16.4 Å². The summed E-state index contributed by atoms with van der Waals surface area (Å²) in [5.41, 5.74) is 8.24. The Morgan fingerprint density at radius 1 is 1.04 bits per heavy atom. The highest BCUT2D eigenvalue weighted by molar-refractivity contribution is 5.94. The van der Waals surface area contributed by atoms with E-state index in [1.165, 1.54) is 0 Å². The topological polar surface area (TPSA) is 92.6 Å². The number of nitrogens with two attached hydrogens (primary N) is 1. The average Bonchev–Trinajstić information content (AvgIpc) is 3.19. The zero-order valence-corrected chi connectivity index (χ0v) is 14.2. The molecule has 0 radical (unpaired) electrons. The lowest BCUT2D eigenvalue weighted by Gasteiger charge is -2.07. The summed E-state index contributed by atoms with van der Waals surface area (Å²) in [6, 6.07) is 20.5. The highest BCUT2D eigenvalue weighted by Gasteiger charge is 2.07. The van der Waals surface area contributed by atoms with Gasteiger partial charge in [-0.05, 0) is 42.0 Å². The van der Waals surface area contributed by atoms with Gasteiger partial charge in [0, 0.05) is 11.3 Å². The van der Waals surface area contributed by atoms with Crippen LogP contribution in [0.3, 0.4) is 0 Å². The monoisotopic (exact) mass is 348 g/mol. The minimum absolute atomic E-state index is 0.164. The molecule has 0 saturated carbocycles. The van der Waals surface area contributed by atoms with Crippen LogP contribution in [0.2, 0.25) is 0 Å². The fourth-order valence-electron chi connectivity index (χ4n) is 2.38. The van der Waals surface area contributed by atoms with Crippen LogP contribution in [-0.2, 0) is 13.1 Å². The van der Waals surface area contributed by atoms with Gasteiger partial charge in [0.05, 0.1) is 19.4 Å². The molecule has 2 aromatic carbocycles. The summed E-state index contributed by atoms with van der Waals surface area (Å²) in [6.45, 7) is 0.729. The summed E-state index contributed by atoms with van der Waals surface area (Å²) in [4.78, 5) is 16.6. The van der Waals surface area contributed by atoms with Crippen LogP contribution in [0, 0.1) is 0 Å². The Morgan fingerprint density at radius 2 is 1.88 bits per heavy atom. The van der Waals surface area contributed by atoms with Crippen molar-refractivity contribution in [2.24, 2.45) is 10.7 Å². The van der Waals surface area contributed by atoms with E-state index in [1.54, 1.807) is 24.5 Å². The number of amides is 1. The molecule has 0 atom stereocenters. The molecular weight excluding hydrogens is 328 g/mol. The van der Waals surface area contributed by atoms with Crippen LogP contribution in [0.25, 0.3) is 0 Å². The molecule has 6 heteroatoms. The van der Waals surface area contributed by atoms with Gasteiger partial charge in [-0.3, -0.25) is 4.79 Å². The van der Waals surface area contributed by atoms with Gasteiger partial charge >= 0.3 is 0 Å². The molecule has 1 aromatic heterocycles. The van der Waals surface area contributed by atoms with E-state index in [2.05, 4.69) is 15.6 Å². The average molecular weight is 348 g/mol. The molecule has 1 amide bonds. The van der Waals surface area contributed by atoms with Crippen LogP contribution in [0.5, 0.6) is 0 Å². The zero-order chi connectivity index (χ0) is 18.2. The molecule has 3 rings (SSSR count). The number of hydrogen-bond donors (Lipinski definition) is 3. The minimum Gasteiger partial charge on any atom is -0.467 e. The smallest absolute Gasteiger partial charge is 0.251 e. The van der Waals surface area contributed by atoms with Crippen molar-refractivity contribution in [3.63, 3.8) is 0 Å². The summed E-state index contributed by atoms with van der Waals surface area (Å²) in [5, 5.41) is 5.84. The molecule has 1 heterocycles. The first-order valence-corrected chi connectivity index (χ1v) is 8.22. The second kappa shape index (κ2) is 8.53. The second-order valence-electron chi connectivity index (χ2n) is 5.65. The first kappa shape index (κ1) is 17.3. The van der Waals surface area contributed by atoms with Crippen LogP contribution >= 0.6 is 0 Å². The fourth-order valence-corrected chi connectivity index (χ4v) is 2.38. The highest BCUT2D eigenvalue weighted by atomic mass is 16.3. The van der Waals surface area contributed by atoms with Gasteiger partial charge in [0.25, 0.3) is 5.91 Å². The number of furan rings is 1. The van der Waals surface area contributed by atoms with E-state index >= 15 is 0 Å². The lowest BCUT2D eigenvalue weighted by molar-refractivity contribution is 0.0948. The normalized spacial score (nSPS) is 11.2. The molecule has 0 bridgehead atoms. The van der Waals surface area contributed by atoms with Crippen LogP contribution in [0.15, 0.2) is 82.4 Å². The standard InChI is InChI=1S/C20H20N4O2/c21-20(24-17-8-2-1-3-9-17)23-13-15-6-4-7-16(12-15)19(25)22-14-18-10-5-11-26-18/h1-12H,13-14H2,(H,22,25)(H3,21,23,24). The first-order chi connectivity index (χ1) is 12.7. The minimum atomic E-state index is -0.164. The number of aliphatic imine (C=N–C) groups is 1. The largest absolute Gasteiger partial charge is 0.467 e. The van der Waals surface area contributed by atoms with Gasteiger partial charge in [0.1, 0.15) is 5.76 Å². The summed E-state index contributed by atoms with van der Waals surface area (Å²) >= 11 is 0. The van der Waals surface area contributed by atoms with Gasteiger partial charge in [0.2, 0.25) is 0 Å².